The van der Waals surface area contributed by atoms with Crippen LogP contribution in [0, 0.1) is 13.8 Å². The third-order valence-corrected chi connectivity index (χ3v) is 10.5. The molecule has 2 N–H and O–H groups in total. The molecule has 6 aromatic carbocycles. The first kappa shape index (κ1) is 39.7. The molecule has 0 saturated heterocycles. The van der Waals surface area contributed by atoms with Crippen LogP contribution in [0.3, 0.4) is 0 Å². The van der Waals surface area contributed by atoms with Gasteiger partial charge >= 0.3 is 0 Å². The average molecular weight is 763 g/mol. The minimum atomic E-state index is -1.01. The minimum Gasteiger partial charge on any atom is -0.493 e. The van der Waals surface area contributed by atoms with Gasteiger partial charge in [-0.3, -0.25) is 0 Å². The van der Waals surface area contributed by atoms with Crippen molar-refractivity contribution in [3.05, 3.63) is 155 Å². The van der Waals surface area contributed by atoms with E-state index in [1.54, 1.807) is 13.8 Å². The van der Waals surface area contributed by atoms with E-state index in [4.69, 9.17) is 18.9 Å². The zero-order chi connectivity index (χ0) is 40.1. The Balaban J connectivity index is 1.68. The smallest absolute Gasteiger partial charge is 0.135 e. The fraction of sp³-hybridized carbons (Fsp3) is 0.294. The summed E-state index contributed by atoms with van der Waals surface area (Å²) in [6.07, 6.45) is 0.191. The zero-order valence-corrected chi connectivity index (χ0v) is 34.0. The normalized spacial score (nSPS) is 13.7. The van der Waals surface area contributed by atoms with E-state index in [1.165, 1.54) is 0 Å². The molecule has 0 radical (unpaired) electrons. The van der Waals surface area contributed by atoms with Crippen LogP contribution in [-0.4, -0.2) is 48.8 Å². The van der Waals surface area contributed by atoms with Crippen LogP contribution in [0.1, 0.15) is 73.9 Å². The van der Waals surface area contributed by atoms with Crippen LogP contribution in [-0.2, 0) is 5.41 Å². The third kappa shape index (κ3) is 7.64. The molecule has 1 aliphatic carbocycles. The van der Waals surface area contributed by atoms with Gasteiger partial charge in [-0.1, -0.05) is 134 Å². The number of aliphatic hydroxyl groups excluding tert-OH is 2. The molecule has 0 spiro atoms. The van der Waals surface area contributed by atoms with E-state index >= 15 is 0 Å². The predicted molar refractivity (Wildman–Crippen MR) is 230 cm³/mol. The van der Waals surface area contributed by atoms with E-state index in [-0.39, 0.29) is 13.2 Å². The maximum atomic E-state index is 10.8. The summed E-state index contributed by atoms with van der Waals surface area (Å²) in [6, 6.07) is 42.3. The summed E-state index contributed by atoms with van der Waals surface area (Å²) in [5.74, 6) is 2.64. The number of benzene rings is 6. The van der Waals surface area contributed by atoms with Gasteiger partial charge in [-0.05, 0) is 86.1 Å². The summed E-state index contributed by atoms with van der Waals surface area (Å²) >= 11 is 0. The Morgan fingerprint density at radius 1 is 0.474 bits per heavy atom. The molecule has 1 aliphatic rings. The maximum Gasteiger partial charge on any atom is 0.135 e. The maximum absolute atomic E-state index is 10.8. The van der Waals surface area contributed by atoms with E-state index in [2.05, 4.69) is 149 Å². The number of hydrogen-bond acceptors (Lipinski definition) is 6. The van der Waals surface area contributed by atoms with Gasteiger partial charge < -0.3 is 29.2 Å². The van der Waals surface area contributed by atoms with E-state index in [1.807, 2.05) is 0 Å². The number of hydrogen-bond donors (Lipinski definition) is 2. The first-order valence-corrected chi connectivity index (χ1v) is 20.2. The lowest BCUT2D eigenvalue weighted by atomic mass is 9.66. The highest BCUT2D eigenvalue weighted by molar-refractivity contribution is 5.92. The number of rotatable bonds is 16. The number of aliphatic hydroxyl groups is 2. The van der Waals surface area contributed by atoms with E-state index in [0.717, 1.165) is 79.6 Å². The molecule has 0 saturated carbocycles. The number of fused-ring (bicyclic) bond motifs is 3. The zero-order valence-electron chi connectivity index (χ0n) is 34.0. The quantitative estimate of drug-likeness (QED) is 0.102. The van der Waals surface area contributed by atoms with Crippen LogP contribution < -0.4 is 18.9 Å². The van der Waals surface area contributed by atoms with Crippen molar-refractivity contribution in [2.24, 2.45) is 0 Å². The van der Waals surface area contributed by atoms with Crippen LogP contribution in [0.5, 0.6) is 23.0 Å². The lowest BCUT2D eigenvalue weighted by molar-refractivity contribution is 0.121. The fourth-order valence-corrected chi connectivity index (χ4v) is 8.04. The molecular formula is C51H54O6. The third-order valence-electron chi connectivity index (χ3n) is 10.5. The molecule has 294 valence electrons. The Morgan fingerprint density at radius 3 is 1.23 bits per heavy atom. The molecule has 0 fully saturated rings. The van der Waals surface area contributed by atoms with Crippen molar-refractivity contribution in [2.75, 3.05) is 26.4 Å². The summed E-state index contributed by atoms with van der Waals surface area (Å²) in [6.45, 7) is 13.0. The summed E-state index contributed by atoms with van der Waals surface area (Å²) in [4.78, 5) is 0. The fourth-order valence-electron chi connectivity index (χ4n) is 8.04. The first-order chi connectivity index (χ1) is 27.7. The van der Waals surface area contributed by atoms with Crippen LogP contribution in [0.15, 0.2) is 121 Å². The van der Waals surface area contributed by atoms with Crippen LogP contribution in [0.4, 0.5) is 0 Å². The van der Waals surface area contributed by atoms with E-state index in [0.29, 0.717) is 36.2 Å². The number of ether oxygens (including phenoxy) is 4. The summed E-state index contributed by atoms with van der Waals surface area (Å²) in [5.41, 5.74) is 10.8. The molecule has 2 unspecified atom stereocenters. The first-order valence-electron chi connectivity index (χ1n) is 20.2. The van der Waals surface area contributed by atoms with Crippen molar-refractivity contribution in [3.8, 4) is 56.4 Å². The molecule has 57 heavy (non-hydrogen) atoms. The molecular weight excluding hydrogens is 709 g/mol. The van der Waals surface area contributed by atoms with Gasteiger partial charge in [-0.15, -0.1) is 0 Å². The summed E-state index contributed by atoms with van der Waals surface area (Å²) in [5, 5.41) is 21.6. The molecule has 6 aromatic rings. The molecule has 6 nitrogen and oxygen atoms in total. The van der Waals surface area contributed by atoms with Crippen LogP contribution >= 0.6 is 0 Å². The van der Waals surface area contributed by atoms with Crippen molar-refractivity contribution in [3.63, 3.8) is 0 Å². The Hall–Kier alpha value is -5.56. The number of aryl methyl sites for hydroxylation is 2. The van der Waals surface area contributed by atoms with Gasteiger partial charge in [0, 0.05) is 11.1 Å². The SMILES string of the molecule is CCCOc1ccc(C2(c3ccc(OCCC)c(-c4ccc(C)cc4)c3OCC(C)O)c3ccccc3-c3ccccc32)c(OCC(C)O)c1-c1ccc(C)cc1. The minimum absolute atomic E-state index is 0.0618. The summed E-state index contributed by atoms with van der Waals surface area (Å²) in [7, 11) is 0. The molecule has 6 heteroatoms. The Kier molecular flexibility index (Phi) is 12.0. The topological polar surface area (TPSA) is 77.4 Å². The molecule has 0 aromatic heterocycles. The van der Waals surface area contributed by atoms with Crippen molar-refractivity contribution < 1.29 is 29.2 Å². The van der Waals surface area contributed by atoms with E-state index < -0.39 is 17.6 Å². The molecule has 0 heterocycles. The second-order valence-electron chi connectivity index (χ2n) is 15.2. The molecule has 7 rings (SSSR count). The highest BCUT2D eigenvalue weighted by Crippen LogP contribution is 2.62. The van der Waals surface area contributed by atoms with Crippen LogP contribution in [0.2, 0.25) is 0 Å². The standard InChI is InChI=1S/C51H54O6/c1-7-29-54-45-27-25-43(49(56-31-35(5)52)47(45)37-21-17-33(3)18-22-37)51(41-15-11-9-13-39(41)40-14-10-12-16-42(40)51)44-26-28-46(55-30-8-2)48(50(44)57-32-36(6)53)38-23-19-34(4)20-24-38/h9-28,35-36,52-53H,7-8,29-32H2,1-6H3. The second-order valence-corrected chi connectivity index (χ2v) is 15.2. The molecule has 0 bridgehead atoms. The van der Waals surface area contributed by atoms with Gasteiger partial charge in [0.25, 0.3) is 0 Å². The molecule has 0 amide bonds. The predicted octanol–water partition coefficient (Wildman–Crippen LogP) is 11.1. The Labute approximate surface area is 337 Å². The lowest BCUT2D eigenvalue weighted by Gasteiger charge is -2.38. The largest absolute Gasteiger partial charge is 0.493 e. The van der Waals surface area contributed by atoms with Crippen molar-refractivity contribution in [1.29, 1.82) is 0 Å². The van der Waals surface area contributed by atoms with Crippen molar-refractivity contribution in [2.45, 2.75) is 72.0 Å². The van der Waals surface area contributed by atoms with Crippen molar-refractivity contribution in [1.82, 2.24) is 0 Å². The van der Waals surface area contributed by atoms with Gasteiger partial charge in [0.2, 0.25) is 0 Å². The van der Waals surface area contributed by atoms with Gasteiger partial charge in [-0.25, -0.2) is 0 Å². The average Bonchev–Trinajstić information content (AvgIpc) is 3.51. The van der Waals surface area contributed by atoms with Gasteiger partial charge in [-0.2, -0.15) is 0 Å². The lowest BCUT2D eigenvalue weighted by Crippen LogP contribution is -2.31. The van der Waals surface area contributed by atoms with Gasteiger partial charge in [0.05, 0.1) is 42.0 Å². The highest BCUT2D eigenvalue weighted by Gasteiger charge is 2.50. The Morgan fingerprint density at radius 2 is 0.860 bits per heavy atom. The molecule has 2 atom stereocenters. The van der Waals surface area contributed by atoms with Gasteiger partial charge in [0.15, 0.2) is 0 Å². The summed E-state index contributed by atoms with van der Waals surface area (Å²) < 4.78 is 26.9. The Bertz CT molecular complexity index is 2140. The monoisotopic (exact) mass is 762 g/mol. The van der Waals surface area contributed by atoms with Crippen molar-refractivity contribution >= 4 is 0 Å². The van der Waals surface area contributed by atoms with Gasteiger partial charge in [0.1, 0.15) is 36.2 Å². The van der Waals surface area contributed by atoms with Crippen LogP contribution in [0.25, 0.3) is 33.4 Å². The highest BCUT2D eigenvalue weighted by atomic mass is 16.5. The second kappa shape index (κ2) is 17.3. The molecule has 0 aliphatic heterocycles. The van der Waals surface area contributed by atoms with E-state index in [9.17, 15) is 10.2 Å².